The van der Waals surface area contributed by atoms with Gasteiger partial charge in [-0.1, -0.05) is 6.92 Å². The molecule has 0 aromatic carbocycles. The van der Waals surface area contributed by atoms with E-state index < -0.39 is 0 Å². The van der Waals surface area contributed by atoms with E-state index >= 15 is 0 Å². The van der Waals surface area contributed by atoms with Crippen LogP contribution in [0.5, 0.6) is 0 Å². The Morgan fingerprint density at radius 2 is 2.41 bits per heavy atom. The number of esters is 1. The molecule has 98 valence electrons. The number of carbonyl (C=O) groups is 1. The summed E-state index contributed by atoms with van der Waals surface area (Å²) in [5.74, 6) is 0.0873. The fourth-order valence-electron chi connectivity index (χ4n) is 2.89. The van der Waals surface area contributed by atoms with Gasteiger partial charge in [0, 0.05) is 18.6 Å². The van der Waals surface area contributed by atoms with Crippen molar-refractivity contribution >= 4 is 5.97 Å². The molecule has 0 amide bonds. The highest BCUT2D eigenvalue weighted by atomic mass is 16.5. The molecule has 2 saturated heterocycles. The molecule has 2 rings (SSSR count). The van der Waals surface area contributed by atoms with E-state index in [0.717, 1.165) is 45.3 Å². The molecule has 2 aliphatic rings. The van der Waals surface area contributed by atoms with Gasteiger partial charge < -0.3 is 14.7 Å². The van der Waals surface area contributed by atoms with Gasteiger partial charge in [0.15, 0.2) is 0 Å². The Morgan fingerprint density at radius 1 is 1.59 bits per heavy atom. The van der Waals surface area contributed by atoms with Gasteiger partial charge in [0.2, 0.25) is 0 Å². The SMILES string of the molecule is CC1(CO)CCCN(CCC2CCOC2=O)C1. The zero-order chi connectivity index (χ0) is 12.3. The van der Waals surface area contributed by atoms with Gasteiger partial charge in [-0.3, -0.25) is 4.79 Å². The van der Waals surface area contributed by atoms with E-state index in [0.29, 0.717) is 6.61 Å². The second-order valence-electron chi connectivity index (χ2n) is 5.79. The number of aliphatic hydroxyl groups excluding tert-OH is 1. The largest absolute Gasteiger partial charge is 0.465 e. The van der Waals surface area contributed by atoms with Gasteiger partial charge in [-0.2, -0.15) is 0 Å². The Hall–Kier alpha value is -0.610. The maximum atomic E-state index is 11.3. The molecule has 2 aliphatic heterocycles. The molecule has 0 radical (unpaired) electrons. The van der Waals surface area contributed by atoms with Gasteiger partial charge in [-0.15, -0.1) is 0 Å². The van der Waals surface area contributed by atoms with Crippen LogP contribution in [0.25, 0.3) is 0 Å². The van der Waals surface area contributed by atoms with Gasteiger partial charge in [0.1, 0.15) is 0 Å². The smallest absolute Gasteiger partial charge is 0.309 e. The maximum Gasteiger partial charge on any atom is 0.309 e. The molecule has 0 spiro atoms. The first-order valence-electron chi connectivity index (χ1n) is 6.63. The molecule has 2 unspecified atom stereocenters. The topological polar surface area (TPSA) is 49.8 Å². The fraction of sp³-hybridized carbons (Fsp3) is 0.923. The number of rotatable bonds is 4. The average Bonchev–Trinajstić information content (AvgIpc) is 2.73. The highest BCUT2D eigenvalue weighted by molar-refractivity contribution is 5.74. The molecule has 0 aliphatic carbocycles. The fourth-order valence-corrected chi connectivity index (χ4v) is 2.89. The van der Waals surface area contributed by atoms with Crippen LogP contribution in [0.4, 0.5) is 0 Å². The van der Waals surface area contributed by atoms with E-state index in [1.54, 1.807) is 0 Å². The van der Waals surface area contributed by atoms with Gasteiger partial charge in [-0.05, 0) is 38.8 Å². The number of hydrogen-bond donors (Lipinski definition) is 1. The third-order valence-corrected chi connectivity index (χ3v) is 4.08. The lowest BCUT2D eigenvalue weighted by atomic mass is 9.82. The van der Waals surface area contributed by atoms with E-state index in [9.17, 15) is 9.90 Å². The molecule has 0 saturated carbocycles. The zero-order valence-corrected chi connectivity index (χ0v) is 10.7. The van der Waals surface area contributed by atoms with Crippen LogP contribution in [0, 0.1) is 11.3 Å². The summed E-state index contributed by atoms with van der Waals surface area (Å²) in [6, 6.07) is 0. The van der Waals surface area contributed by atoms with Crippen LogP contribution in [0.15, 0.2) is 0 Å². The second kappa shape index (κ2) is 5.36. The molecule has 4 heteroatoms. The van der Waals surface area contributed by atoms with Gasteiger partial charge in [0.25, 0.3) is 0 Å². The van der Waals surface area contributed by atoms with Crippen molar-refractivity contribution in [2.75, 3.05) is 32.8 Å². The van der Waals surface area contributed by atoms with E-state index in [4.69, 9.17) is 4.74 Å². The molecular weight excluding hydrogens is 218 g/mol. The van der Waals surface area contributed by atoms with E-state index in [1.165, 1.54) is 0 Å². The van der Waals surface area contributed by atoms with Crippen LogP contribution in [0.1, 0.15) is 32.6 Å². The maximum absolute atomic E-state index is 11.3. The summed E-state index contributed by atoms with van der Waals surface area (Å²) in [5, 5.41) is 9.39. The van der Waals surface area contributed by atoms with Gasteiger partial charge >= 0.3 is 5.97 Å². The normalized spacial score (nSPS) is 34.9. The molecule has 4 nitrogen and oxygen atoms in total. The highest BCUT2D eigenvalue weighted by Gasteiger charge is 2.32. The number of carbonyl (C=O) groups excluding carboxylic acids is 1. The lowest BCUT2D eigenvalue weighted by Crippen LogP contribution is -2.44. The Kier molecular flexibility index (Phi) is 4.05. The average molecular weight is 241 g/mol. The van der Waals surface area contributed by atoms with Crippen LogP contribution >= 0.6 is 0 Å². The molecule has 0 bridgehead atoms. The molecular formula is C13H23NO3. The molecule has 2 heterocycles. The van der Waals surface area contributed by atoms with E-state index in [2.05, 4.69) is 11.8 Å². The second-order valence-corrected chi connectivity index (χ2v) is 5.79. The number of ether oxygens (including phenoxy) is 1. The molecule has 17 heavy (non-hydrogen) atoms. The quantitative estimate of drug-likeness (QED) is 0.747. The first-order chi connectivity index (χ1) is 8.13. The van der Waals surface area contributed by atoms with Crippen molar-refractivity contribution in [2.45, 2.75) is 32.6 Å². The number of likely N-dealkylation sites (tertiary alicyclic amines) is 1. The lowest BCUT2D eigenvalue weighted by Gasteiger charge is -2.39. The Labute approximate surface area is 103 Å². The predicted octanol–water partition coefficient (Wildman–Crippen LogP) is 1.03. The van der Waals surface area contributed by atoms with Crippen molar-refractivity contribution in [3.05, 3.63) is 0 Å². The van der Waals surface area contributed by atoms with Crippen molar-refractivity contribution in [2.24, 2.45) is 11.3 Å². The number of hydrogen-bond acceptors (Lipinski definition) is 4. The van der Waals surface area contributed by atoms with Crippen LogP contribution in [-0.4, -0.2) is 48.8 Å². The van der Waals surface area contributed by atoms with E-state index in [-0.39, 0.29) is 23.9 Å². The first kappa shape index (κ1) is 12.8. The van der Waals surface area contributed by atoms with Gasteiger partial charge in [-0.25, -0.2) is 0 Å². The third kappa shape index (κ3) is 3.19. The predicted molar refractivity (Wildman–Crippen MR) is 64.5 cm³/mol. The van der Waals surface area contributed by atoms with Crippen LogP contribution < -0.4 is 0 Å². The Morgan fingerprint density at radius 3 is 3.06 bits per heavy atom. The van der Waals surface area contributed by atoms with Crippen LogP contribution in [0.3, 0.4) is 0 Å². The minimum atomic E-state index is -0.0214. The Bertz CT molecular complexity index is 282. The minimum absolute atomic E-state index is 0.0214. The summed E-state index contributed by atoms with van der Waals surface area (Å²) in [4.78, 5) is 13.7. The van der Waals surface area contributed by atoms with Crippen molar-refractivity contribution < 1.29 is 14.6 Å². The Balaban J connectivity index is 1.77. The standard InChI is InChI=1S/C13H23NO3/c1-13(10-15)5-2-6-14(9-13)7-3-11-4-8-17-12(11)16/h11,15H,2-10H2,1H3. The molecule has 1 N–H and O–H groups in total. The zero-order valence-electron chi connectivity index (χ0n) is 10.7. The summed E-state index contributed by atoms with van der Waals surface area (Å²) < 4.78 is 4.97. The molecule has 0 aromatic heterocycles. The highest BCUT2D eigenvalue weighted by Crippen LogP contribution is 2.29. The number of aliphatic hydroxyl groups is 1. The van der Waals surface area contributed by atoms with Crippen LogP contribution in [0.2, 0.25) is 0 Å². The summed E-state index contributed by atoms with van der Waals surface area (Å²) in [5.41, 5.74) is 0.0500. The molecule has 0 aromatic rings. The summed E-state index contributed by atoms with van der Waals surface area (Å²) >= 11 is 0. The van der Waals surface area contributed by atoms with Crippen molar-refractivity contribution in [3.8, 4) is 0 Å². The molecule has 2 fully saturated rings. The van der Waals surface area contributed by atoms with Gasteiger partial charge in [0.05, 0.1) is 12.5 Å². The summed E-state index contributed by atoms with van der Waals surface area (Å²) in [6.07, 6.45) is 4.03. The number of cyclic esters (lactones) is 1. The van der Waals surface area contributed by atoms with Crippen molar-refractivity contribution in [3.63, 3.8) is 0 Å². The monoisotopic (exact) mass is 241 g/mol. The van der Waals surface area contributed by atoms with Crippen LogP contribution in [-0.2, 0) is 9.53 Å². The van der Waals surface area contributed by atoms with Crippen molar-refractivity contribution in [1.29, 1.82) is 0 Å². The first-order valence-corrected chi connectivity index (χ1v) is 6.63. The molecule has 2 atom stereocenters. The van der Waals surface area contributed by atoms with E-state index in [1.807, 2.05) is 0 Å². The summed E-state index contributed by atoms with van der Waals surface area (Å²) in [7, 11) is 0. The minimum Gasteiger partial charge on any atom is -0.465 e. The number of nitrogens with zero attached hydrogens (tertiary/aromatic N) is 1. The van der Waals surface area contributed by atoms with Crippen molar-refractivity contribution in [1.82, 2.24) is 4.90 Å². The number of piperidine rings is 1. The third-order valence-electron chi connectivity index (χ3n) is 4.08. The summed E-state index contributed by atoms with van der Waals surface area (Å²) in [6.45, 7) is 5.99. The lowest BCUT2D eigenvalue weighted by molar-refractivity contribution is -0.141.